The van der Waals surface area contributed by atoms with Crippen molar-refractivity contribution in [3.05, 3.63) is 182 Å². The van der Waals surface area contributed by atoms with Crippen LogP contribution in [0.1, 0.15) is 188 Å². The van der Waals surface area contributed by atoms with Crippen molar-refractivity contribution >= 4 is 23.9 Å². The van der Waals surface area contributed by atoms with E-state index in [0.717, 1.165) is 116 Å². The van der Waals surface area contributed by atoms with Crippen molar-refractivity contribution in [3.63, 3.8) is 0 Å². The number of unbranched alkanes of at least 4 members (excludes halogenated alkanes) is 5. The summed E-state index contributed by atoms with van der Waals surface area (Å²) in [6.07, 6.45) is 73.0. The minimum Gasteiger partial charge on any atom is -0.479 e. The maximum absolute atomic E-state index is 13.2. The molecule has 83 heavy (non-hydrogen) atoms. The smallest absolute Gasteiger partial charge is 0.335 e. The van der Waals surface area contributed by atoms with Gasteiger partial charge in [0.1, 0.15) is 18.8 Å². The summed E-state index contributed by atoms with van der Waals surface area (Å²) in [5, 5.41) is 31.5. The van der Waals surface area contributed by atoms with E-state index in [1.165, 1.54) is 0 Å². The average Bonchev–Trinajstić information content (AvgIpc) is 3.55. The summed E-state index contributed by atoms with van der Waals surface area (Å²) >= 11 is 0. The van der Waals surface area contributed by atoms with Crippen molar-refractivity contribution < 1.29 is 58.2 Å². The first kappa shape index (κ1) is 74.8. The lowest BCUT2D eigenvalue weighted by Crippen LogP contribution is -2.61. The molecule has 12 heteroatoms. The Labute approximate surface area is 500 Å². The molecule has 0 bridgehead atoms. The molecule has 0 aromatic rings. The third-order valence-corrected chi connectivity index (χ3v) is 12.5. The van der Waals surface area contributed by atoms with Gasteiger partial charge in [0.25, 0.3) is 0 Å². The summed E-state index contributed by atoms with van der Waals surface area (Å²) in [5.41, 5.74) is 0. The minimum absolute atomic E-state index is 0.0851. The number of hydrogen-bond donors (Lipinski definition) is 3. The number of carboxylic acids is 1. The normalized spacial score (nSPS) is 18.9. The third-order valence-electron chi connectivity index (χ3n) is 12.5. The van der Waals surface area contributed by atoms with Gasteiger partial charge < -0.3 is 39.0 Å². The highest BCUT2D eigenvalue weighted by atomic mass is 16.7. The van der Waals surface area contributed by atoms with Crippen molar-refractivity contribution in [2.24, 2.45) is 0 Å². The highest BCUT2D eigenvalue weighted by Gasteiger charge is 2.50. The van der Waals surface area contributed by atoms with Gasteiger partial charge in [-0.1, -0.05) is 216 Å². The molecule has 1 aliphatic rings. The van der Waals surface area contributed by atoms with Gasteiger partial charge in [-0.2, -0.15) is 0 Å². The van der Waals surface area contributed by atoms with Gasteiger partial charge in [0.15, 0.2) is 24.6 Å². The maximum Gasteiger partial charge on any atom is 0.335 e. The van der Waals surface area contributed by atoms with E-state index in [9.17, 15) is 34.5 Å². The van der Waals surface area contributed by atoms with Crippen LogP contribution in [0.2, 0.25) is 0 Å². The number of carbonyl (C=O) groups excluding carboxylic acids is 3. The SMILES string of the molecule is CC/C=C\C/C=C\C/C=C\C/C=C\C/C=C\C/C=C\CCC(=O)OC1C(OCC(COC(=O)CCC/C=C\C/C=C\C/C=C\C/C=C\C/C=C\CC)OC(=O)CCCCCC/C=C\C/C=C\C/C=C\C/C=C\CC)OC(C(=O)O)C(O)C1O. The first-order valence-corrected chi connectivity index (χ1v) is 30.8. The predicted molar refractivity (Wildman–Crippen MR) is 339 cm³/mol. The Morgan fingerprint density at radius 3 is 1.17 bits per heavy atom. The van der Waals surface area contributed by atoms with E-state index in [1.807, 2.05) is 30.4 Å². The van der Waals surface area contributed by atoms with Crippen molar-refractivity contribution in [2.75, 3.05) is 13.2 Å². The number of aliphatic hydroxyl groups excluding tert-OH is 2. The molecule has 0 aromatic carbocycles. The standard InChI is InChI=1S/C71H104O12/c1-4-7-10-13-16-19-22-25-28-31-32-35-38-41-44-47-50-53-56-59-65(74)82-69-67(76)66(75)68(70(77)78)83-71(69)80-61-62(81-64(73)58-55-52-49-46-43-40-37-34-30-27-24-21-18-15-12-9-6-3)60-79-63(72)57-54-51-48-45-42-39-36-33-29-26-23-20-17-14-11-8-5-2/h7-12,16-21,25-30,32,35-37,39-41,44-45,48,50,53,62,66-69,71,75-76H,4-6,13-15,22-24,31,33-34,38,42-43,46-47,49,51-52,54-61H2,1-3H3,(H,77,78)/b10-7-,11-8-,12-9-,19-16-,20-17-,21-18-,28-25-,29-26-,30-27-,35-32-,39-36-,40-37-,44-41-,48-45-,53-50-. The Balaban J connectivity index is 2.80. The number of hydrogen-bond acceptors (Lipinski definition) is 11. The van der Waals surface area contributed by atoms with Crippen LogP contribution in [0.15, 0.2) is 182 Å². The van der Waals surface area contributed by atoms with E-state index in [4.69, 9.17) is 23.7 Å². The summed E-state index contributed by atoms with van der Waals surface area (Å²) in [4.78, 5) is 51.2. The molecule has 0 radical (unpaired) electrons. The second kappa shape index (κ2) is 56.3. The molecule has 0 saturated carbocycles. The van der Waals surface area contributed by atoms with Crippen LogP contribution in [0, 0.1) is 0 Å². The molecule has 1 rings (SSSR count). The first-order valence-electron chi connectivity index (χ1n) is 30.8. The molecule has 460 valence electrons. The summed E-state index contributed by atoms with van der Waals surface area (Å²) in [6.45, 7) is 5.53. The topological polar surface area (TPSA) is 175 Å². The predicted octanol–water partition coefficient (Wildman–Crippen LogP) is 16.4. The summed E-state index contributed by atoms with van der Waals surface area (Å²) in [5.74, 6) is -3.38. The van der Waals surface area contributed by atoms with E-state index in [2.05, 4.69) is 173 Å². The Kier molecular flexibility index (Phi) is 50.8. The van der Waals surface area contributed by atoms with Crippen molar-refractivity contribution in [1.82, 2.24) is 0 Å². The zero-order valence-corrected chi connectivity index (χ0v) is 50.6. The van der Waals surface area contributed by atoms with Crippen LogP contribution in [0.5, 0.6) is 0 Å². The van der Waals surface area contributed by atoms with Gasteiger partial charge in [-0.05, 0) is 135 Å². The Bertz CT molecular complexity index is 2140. The number of carbonyl (C=O) groups is 4. The number of ether oxygens (including phenoxy) is 5. The number of carboxylic acid groups (broad SMARTS) is 1. The number of esters is 3. The van der Waals surface area contributed by atoms with Gasteiger partial charge in [0.2, 0.25) is 0 Å². The molecule has 6 unspecified atom stereocenters. The van der Waals surface area contributed by atoms with Gasteiger partial charge in [-0.15, -0.1) is 0 Å². The van der Waals surface area contributed by atoms with Gasteiger partial charge in [-0.25, -0.2) is 4.79 Å². The minimum atomic E-state index is -1.95. The fraction of sp³-hybridized carbons (Fsp3) is 0.521. The average molecular weight is 1150 g/mol. The number of allylic oxidation sites excluding steroid dienone is 30. The van der Waals surface area contributed by atoms with Crippen molar-refractivity contribution in [3.8, 4) is 0 Å². The fourth-order valence-electron chi connectivity index (χ4n) is 7.89. The van der Waals surface area contributed by atoms with Crippen LogP contribution >= 0.6 is 0 Å². The number of aliphatic hydroxyl groups is 2. The lowest BCUT2D eigenvalue weighted by atomic mass is 9.98. The third kappa shape index (κ3) is 46.0. The molecule has 1 heterocycles. The second-order valence-electron chi connectivity index (χ2n) is 19.8. The molecule has 3 N–H and O–H groups in total. The van der Waals surface area contributed by atoms with Gasteiger partial charge in [0.05, 0.1) is 6.61 Å². The van der Waals surface area contributed by atoms with Crippen LogP contribution in [-0.4, -0.2) is 89.2 Å². The van der Waals surface area contributed by atoms with Gasteiger partial charge in [0, 0.05) is 19.3 Å². The molecule has 0 aromatic heterocycles. The van der Waals surface area contributed by atoms with Crippen LogP contribution in [0.4, 0.5) is 0 Å². The van der Waals surface area contributed by atoms with Gasteiger partial charge >= 0.3 is 23.9 Å². The molecular formula is C71H104O12. The zero-order valence-electron chi connectivity index (χ0n) is 50.6. The molecule has 6 atom stereocenters. The highest BCUT2D eigenvalue weighted by molar-refractivity contribution is 5.74. The molecule has 0 amide bonds. The van der Waals surface area contributed by atoms with E-state index >= 15 is 0 Å². The lowest BCUT2D eigenvalue weighted by molar-refractivity contribution is -0.301. The van der Waals surface area contributed by atoms with Crippen molar-refractivity contribution in [1.29, 1.82) is 0 Å². The molecule has 1 fully saturated rings. The largest absolute Gasteiger partial charge is 0.479 e. The van der Waals surface area contributed by atoms with Crippen LogP contribution < -0.4 is 0 Å². The fourth-order valence-corrected chi connectivity index (χ4v) is 7.89. The monoisotopic (exact) mass is 1150 g/mol. The van der Waals surface area contributed by atoms with Crippen LogP contribution in [0.25, 0.3) is 0 Å². The highest BCUT2D eigenvalue weighted by Crippen LogP contribution is 2.26. The molecular weight excluding hydrogens is 1040 g/mol. The molecule has 1 saturated heterocycles. The van der Waals surface area contributed by atoms with E-state index in [-0.39, 0.29) is 25.9 Å². The molecule has 0 spiro atoms. The number of aliphatic carboxylic acids is 1. The molecule has 1 aliphatic heterocycles. The summed E-state index contributed by atoms with van der Waals surface area (Å²) in [7, 11) is 0. The first-order chi connectivity index (χ1) is 40.6. The zero-order chi connectivity index (χ0) is 60.3. The molecule has 0 aliphatic carbocycles. The maximum atomic E-state index is 13.2. The van der Waals surface area contributed by atoms with Crippen molar-refractivity contribution in [2.45, 2.75) is 225 Å². The van der Waals surface area contributed by atoms with Crippen LogP contribution in [-0.2, 0) is 42.9 Å². The number of rotatable bonds is 49. The second-order valence-corrected chi connectivity index (χ2v) is 19.8. The Hall–Kier alpha value is -6.18. The molecule has 12 nitrogen and oxygen atoms in total. The Morgan fingerprint density at radius 1 is 0.398 bits per heavy atom. The quantitative estimate of drug-likeness (QED) is 0.0228. The lowest BCUT2D eigenvalue weighted by Gasteiger charge is -2.40. The van der Waals surface area contributed by atoms with Crippen LogP contribution in [0.3, 0.4) is 0 Å². The van der Waals surface area contributed by atoms with E-state index in [1.54, 1.807) is 0 Å². The van der Waals surface area contributed by atoms with E-state index < -0.39 is 67.3 Å². The summed E-state index contributed by atoms with van der Waals surface area (Å²) in [6, 6.07) is 0. The Morgan fingerprint density at radius 2 is 0.759 bits per heavy atom. The summed E-state index contributed by atoms with van der Waals surface area (Å²) < 4.78 is 28.3. The van der Waals surface area contributed by atoms with Gasteiger partial charge in [-0.3, -0.25) is 14.4 Å². The van der Waals surface area contributed by atoms with E-state index in [0.29, 0.717) is 32.1 Å².